The van der Waals surface area contributed by atoms with E-state index in [4.69, 9.17) is 0 Å². The highest BCUT2D eigenvalue weighted by Crippen LogP contribution is 2.09. The second-order valence-electron chi connectivity index (χ2n) is 5.63. The number of hydrazine groups is 1. The van der Waals surface area contributed by atoms with Crippen molar-refractivity contribution >= 4 is 0 Å². The molecule has 0 aromatic rings. The van der Waals surface area contributed by atoms with Crippen molar-refractivity contribution in [1.29, 1.82) is 0 Å². The molecule has 18 heavy (non-hydrogen) atoms. The molecule has 2 nitrogen and oxygen atoms in total. The van der Waals surface area contributed by atoms with E-state index in [1.54, 1.807) is 0 Å². The third-order valence-electron chi connectivity index (χ3n) is 3.55. The quantitative estimate of drug-likeness (QED) is 0.692. The van der Waals surface area contributed by atoms with E-state index in [-0.39, 0.29) is 0 Å². The average molecular weight is 250 g/mol. The van der Waals surface area contributed by atoms with Gasteiger partial charge in [-0.25, -0.2) is 5.01 Å². The second-order valence-corrected chi connectivity index (χ2v) is 5.63. The van der Waals surface area contributed by atoms with E-state index >= 15 is 0 Å². The van der Waals surface area contributed by atoms with Crippen molar-refractivity contribution in [3.63, 3.8) is 0 Å². The van der Waals surface area contributed by atoms with Crippen molar-refractivity contribution in [2.24, 2.45) is 11.8 Å². The third-order valence-corrected chi connectivity index (χ3v) is 3.55. The van der Waals surface area contributed by atoms with Crippen molar-refractivity contribution in [2.45, 2.75) is 46.0 Å². The number of rotatable bonds is 7. The topological polar surface area (TPSA) is 15.3 Å². The number of hydrogen-bond donors (Lipinski definition) is 1. The molecule has 1 N–H and O–H groups in total. The predicted molar refractivity (Wildman–Crippen MR) is 80.3 cm³/mol. The van der Waals surface area contributed by atoms with Gasteiger partial charge in [-0.2, -0.15) is 0 Å². The fourth-order valence-electron chi connectivity index (χ4n) is 2.29. The molecule has 0 spiro atoms. The lowest BCUT2D eigenvalue weighted by molar-refractivity contribution is 0.188. The normalized spacial score (nSPS) is 21.7. The lowest BCUT2D eigenvalue weighted by Gasteiger charge is -2.22. The van der Waals surface area contributed by atoms with Gasteiger partial charge in [0, 0.05) is 19.6 Å². The summed E-state index contributed by atoms with van der Waals surface area (Å²) in [5.41, 5.74) is 3.58. The van der Waals surface area contributed by atoms with Crippen LogP contribution in [-0.4, -0.2) is 24.6 Å². The van der Waals surface area contributed by atoms with Gasteiger partial charge in [0.1, 0.15) is 0 Å². The van der Waals surface area contributed by atoms with E-state index in [1.807, 2.05) is 6.08 Å². The number of nitrogens with zero attached hydrogens (tertiary/aromatic N) is 1. The minimum absolute atomic E-state index is 0.598. The van der Waals surface area contributed by atoms with Crippen molar-refractivity contribution in [3.8, 4) is 0 Å². The molecule has 1 heterocycles. The Balaban J connectivity index is 2.18. The molecule has 0 amide bonds. The third kappa shape index (κ3) is 6.97. The first kappa shape index (κ1) is 15.5. The molecular weight excluding hydrogens is 220 g/mol. The van der Waals surface area contributed by atoms with Gasteiger partial charge in [-0.3, -0.25) is 5.43 Å². The highest BCUT2D eigenvalue weighted by molar-refractivity contribution is 4.92. The van der Waals surface area contributed by atoms with E-state index in [9.17, 15) is 0 Å². The van der Waals surface area contributed by atoms with Gasteiger partial charge in [0.05, 0.1) is 0 Å². The summed E-state index contributed by atoms with van der Waals surface area (Å²) in [5.74, 6) is 1.21. The highest BCUT2D eigenvalue weighted by atomic mass is 15.5. The van der Waals surface area contributed by atoms with Crippen LogP contribution in [-0.2, 0) is 0 Å². The maximum absolute atomic E-state index is 3.78. The van der Waals surface area contributed by atoms with Gasteiger partial charge in [0.2, 0.25) is 0 Å². The second kappa shape index (κ2) is 9.35. The highest BCUT2D eigenvalue weighted by Gasteiger charge is 2.08. The van der Waals surface area contributed by atoms with Crippen LogP contribution in [0.25, 0.3) is 0 Å². The summed E-state index contributed by atoms with van der Waals surface area (Å²) in [6.45, 7) is 11.8. The summed E-state index contributed by atoms with van der Waals surface area (Å²) in [5, 5.41) is 2.41. The minimum Gasteiger partial charge on any atom is -0.255 e. The maximum atomic E-state index is 3.78. The molecule has 0 aromatic heterocycles. The zero-order chi connectivity index (χ0) is 13.2. The molecule has 0 radical (unpaired) electrons. The molecule has 1 aliphatic rings. The van der Waals surface area contributed by atoms with Gasteiger partial charge < -0.3 is 0 Å². The van der Waals surface area contributed by atoms with Crippen LogP contribution in [0.5, 0.6) is 0 Å². The molecule has 104 valence electrons. The fourth-order valence-corrected chi connectivity index (χ4v) is 2.29. The van der Waals surface area contributed by atoms with E-state index < -0.39 is 0 Å². The first-order chi connectivity index (χ1) is 8.72. The molecule has 1 aliphatic heterocycles. The van der Waals surface area contributed by atoms with Crippen LogP contribution in [0.15, 0.2) is 24.8 Å². The van der Waals surface area contributed by atoms with Crippen LogP contribution in [0, 0.1) is 11.8 Å². The Morgan fingerprint density at radius 1 is 1.06 bits per heavy atom. The maximum Gasteiger partial charge on any atom is 0.0162 e. The van der Waals surface area contributed by atoms with Gasteiger partial charge >= 0.3 is 0 Å². The molecule has 0 aromatic carbocycles. The number of nitrogens with one attached hydrogen (secondary N) is 1. The standard InChI is InChI=1S/C16H30N2/c1-4-9-15(2)10-11-16(3)14-17-18-12-7-5-6-8-13-18/h4,10-11,15-17H,1,5-9,12-14H2,2-3H3/b11-10+. The first-order valence-electron chi connectivity index (χ1n) is 7.50. The van der Waals surface area contributed by atoms with Gasteiger partial charge in [-0.15, -0.1) is 6.58 Å². The molecule has 2 unspecified atom stereocenters. The van der Waals surface area contributed by atoms with Crippen molar-refractivity contribution in [3.05, 3.63) is 24.8 Å². The molecule has 1 rings (SSSR count). The summed E-state index contributed by atoms with van der Waals surface area (Å²) in [6, 6.07) is 0. The number of allylic oxidation sites excluding steroid dienone is 2. The van der Waals surface area contributed by atoms with Crippen molar-refractivity contribution in [1.82, 2.24) is 10.4 Å². The van der Waals surface area contributed by atoms with E-state index in [1.165, 1.54) is 38.8 Å². The van der Waals surface area contributed by atoms with Crippen LogP contribution in [0.4, 0.5) is 0 Å². The molecule has 1 saturated heterocycles. The lowest BCUT2D eigenvalue weighted by atomic mass is 10.0. The zero-order valence-electron chi connectivity index (χ0n) is 12.2. The smallest absolute Gasteiger partial charge is 0.0162 e. The molecule has 2 atom stereocenters. The first-order valence-corrected chi connectivity index (χ1v) is 7.50. The molecular formula is C16H30N2. The van der Waals surface area contributed by atoms with Gasteiger partial charge in [-0.05, 0) is 31.1 Å². The Morgan fingerprint density at radius 2 is 1.67 bits per heavy atom. The Bertz CT molecular complexity index is 239. The zero-order valence-corrected chi connectivity index (χ0v) is 12.2. The molecule has 2 heteroatoms. The van der Waals surface area contributed by atoms with Gasteiger partial charge in [-0.1, -0.05) is 44.9 Å². The van der Waals surface area contributed by atoms with Gasteiger partial charge in [0.25, 0.3) is 0 Å². The lowest BCUT2D eigenvalue weighted by Crippen LogP contribution is -2.40. The molecule has 1 fully saturated rings. The SMILES string of the molecule is C=CCC(C)/C=C/C(C)CNN1CCCCCC1. The molecule has 0 saturated carbocycles. The van der Waals surface area contributed by atoms with Crippen LogP contribution in [0.1, 0.15) is 46.0 Å². The van der Waals surface area contributed by atoms with Gasteiger partial charge in [0.15, 0.2) is 0 Å². The Hall–Kier alpha value is -0.600. The van der Waals surface area contributed by atoms with Crippen molar-refractivity contribution < 1.29 is 0 Å². The molecule has 0 aliphatic carbocycles. The monoisotopic (exact) mass is 250 g/mol. The van der Waals surface area contributed by atoms with Crippen LogP contribution >= 0.6 is 0 Å². The van der Waals surface area contributed by atoms with Crippen molar-refractivity contribution in [2.75, 3.05) is 19.6 Å². The summed E-state index contributed by atoms with van der Waals surface area (Å²) in [6.07, 6.45) is 13.2. The van der Waals surface area contributed by atoms with E-state index in [0.29, 0.717) is 11.8 Å². The van der Waals surface area contributed by atoms with Crippen LogP contribution in [0.3, 0.4) is 0 Å². The number of hydrogen-bond acceptors (Lipinski definition) is 2. The van der Waals surface area contributed by atoms with E-state index in [0.717, 1.165) is 13.0 Å². The fraction of sp³-hybridized carbons (Fsp3) is 0.750. The predicted octanol–water partition coefficient (Wildman–Crippen LogP) is 3.77. The largest absolute Gasteiger partial charge is 0.255 e. The Labute approximate surface area is 113 Å². The Morgan fingerprint density at radius 3 is 2.28 bits per heavy atom. The average Bonchev–Trinajstić information content (AvgIpc) is 2.63. The van der Waals surface area contributed by atoms with Crippen LogP contribution in [0.2, 0.25) is 0 Å². The summed E-state index contributed by atoms with van der Waals surface area (Å²) >= 11 is 0. The summed E-state index contributed by atoms with van der Waals surface area (Å²) in [4.78, 5) is 0. The summed E-state index contributed by atoms with van der Waals surface area (Å²) < 4.78 is 0. The minimum atomic E-state index is 0.598. The van der Waals surface area contributed by atoms with E-state index in [2.05, 4.69) is 43.0 Å². The summed E-state index contributed by atoms with van der Waals surface area (Å²) in [7, 11) is 0. The molecule has 0 bridgehead atoms. The Kier molecular flexibility index (Phi) is 8.03. The van der Waals surface area contributed by atoms with Crippen LogP contribution < -0.4 is 5.43 Å².